The van der Waals surface area contributed by atoms with E-state index >= 15 is 0 Å². The summed E-state index contributed by atoms with van der Waals surface area (Å²) >= 11 is 1.42. The van der Waals surface area contributed by atoms with Crippen LogP contribution in [0.3, 0.4) is 0 Å². The quantitative estimate of drug-likeness (QED) is 0.759. The third kappa shape index (κ3) is 3.06. The molecule has 1 unspecified atom stereocenters. The molecule has 0 saturated carbocycles. The van der Waals surface area contributed by atoms with Crippen molar-refractivity contribution in [2.75, 3.05) is 19.6 Å². The molecule has 7 nitrogen and oxygen atoms in total. The minimum atomic E-state index is -0.173. The fourth-order valence-corrected chi connectivity index (χ4v) is 3.84. The van der Waals surface area contributed by atoms with Crippen LogP contribution in [0.1, 0.15) is 11.6 Å². The first kappa shape index (κ1) is 15.9. The van der Waals surface area contributed by atoms with Gasteiger partial charge in [-0.05, 0) is 23.1 Å². The minimum absolute atomic E-state index is 0.00557. The molecule has 4 rings (SSSR count). The first-order chi connectivity index (χ1) is 12.2. The van der Waals surface area contributed by atoms with Crippen molar-refractivity contribution < 1.29 is 4.79 Å². The fraction of sp³-hybridized carbons (Fsp3) is 0.294. The third-order valence-corrected chi connectivity index (χ3v) is 5.21. The van der Waals surface area contributed by atoms with Crippen LogP contribution in [0.5, 0.6) is 0 Å². The highest BCUT2D eigenvalue weighted by Crippen LogP contribution is 2.22. The van der Waals surface area contributed by atoms with E-state index in [1.54, 1.807) is 18.5 Å². The molecule has 1 aliphatic heterocycles. The fourth-order valence-electron chi connectivity index (χ4n) is 3.12. The lowest BCUT2D eigenvalue weighted by molar-refractivity contribution is -0.135. The molecule has 0 bridgehead atoms. The summed E-state index contributed by atoms with van der Waals surface area (Å²) < 4.78 is 1.39. The molecule has 3 aromatic rings. The van der Waals surface area contributed by atoms with E-state index in [1.165, 1.54) is 22.2 Å². The highest BCUT2D eigenvalue weighted by Gasteiger charge is 2.28. The summed E-state index contributed by atoms with van der Waals surface area (Å²) in [6.07, 6.45) is 4.96. The van der Waals surface area contributed by atoms with Crippen LogP contribution in [-0.4, -0.2) is 45.0 Å². The predicted octanol–water partition coefficient (Wildman–Crippen LogP) is 1.03. The molecule has 1 amide bonds. The lowest BCUT2D eigenvalue weighted by Gasteiger charge is -2.36. The van der Waals surface area contributed by atoms with Crippen LogP contribution < -0.4 is 10.9 Å². The maximum absolute atomic E-state index is 12.9. The topological polar surface area (TPSA) is 80.1 Å². The zero-order valence-corrected chi connectivity index (χ0v) is 14.3. The molecule has 0 spiro atoms. The van der Waals surface area contributed by atoms with Crippen LogP contribution in [0, 0.1) is 0 Å². The first-order valence-electron chi connectivity index (χ1n) is 8.07. The predicted molar refractivity (Wildman–Crippen MR) is 95.4 cm³/mol. The van der Waals surface area contributed by atoms with Gasteiger partial charge in [0.25, 0.3) is 5.56 Å². The van der Waals surface area contributed by atoms with Crippen molar-refractivity contribution in [2.24, 2.45) is 0 Å². The lowest BCUT2D eigenvalue weighted by Crippen LogP contribution is -2.50. The number of aromatic nitrogens is 3. The number of fused-ring (bicyclic) bond motifs is 1. The van der Waals surface area contributed by atoms with Gasteiger partial charge in [-0.3, -0.25) is 19.1 Å². The molecule has 0 aromatic carbocycles. The van der Waals surface area contributed by atoms with E-state index in [0.29, 0.717) is 23.3 Å². The summed E-state index contributed by atoms with van der Waals surface area (Å²) in [4.78, 5) is 36.3. The van der Waals surface area contributed by atoms with Gasteiger partial charge in [-0.25, -0.2) is 4.98 Å². The van der Waals surface area contributed by atoms with Crippen molar-refractivity contribution in [3.8, 4) is 0 Å². The van der Waals surface area contributed by atoms with E-state index in [-0.39, 0.29) is 24.1 Å². The van der Waals surface area contributed by atoms with E-state index in [1.807, 2.05) is 22.4 Å². The number of piperazine rings is 1. The molecule has 128 valence electrons. The smallest absolute Gasteiger partial charge is 0.262 e. The number of thiophene rings is 1. The standard InChI is InChI=1S/C17H17N5O2S/c23-15(10-21-11-20-16-13(17(21)24)3-7-25-16)22-6-5-19-9-14(22)12-2-1-4-18-8-12/h1-4,7-8,11,14,19H,5-6,9-10H2. The van der Waals surface area contributed by atoms with Gasteiger partial charge in [-0.1, -0.05) is 6.07 Å². The highest BCUT2D eigenvalue weighted by atomic mass is 32.1. The van der Waals surface area contributed by atoms with Gasteiger partial charge in [-0.15, -0.1) is 11.3 Å². The van der Waals surface area contributed by atoms with Gasteiger partial charge in [0.15, 0.2) is 0 Å². The molecular formula is C17H17N5O2S. The zero-order chi connectivity index (χ0) is 17.2. The Balaban J connectivity index is 1.60. The Bertz CT molecular complexity index is 952. The van der Waals surface area contributed by atoms with E-state index < -0.39 is 0 Å². The second kappa shape index (κ2) is 6.73. The summed E-state index contributed by atoms with van der Waals surface area (Å²) in [6, 6.07) is 5.50. The molecule has 0 radical (unpaired) electrons. The third-order valence-electron chi connectivity index (χ3n) is 4.39. The van der Waals surface area contributed by atoms with Crippen molar-refractivity contribution in [2.45, 2.75) is 12.6 Å². The molecule has 1 aliphatic rings. The van der Waals surface area contributed by atoms with Gasteiger partial charge in [0.2, 0.25) is 5.91 Å². The SMILES string of the molecule is O=C(Cn1cnc2sccc2c1=O)N1CCNCC1c1cccnc1. The van der Waals surface area contributed by atoms with E-state index in [2.05, 4.69) is 15.3 Å². The van der Waals surface area contributed by atoms with Crippen molar-refractivity contribution >= 4 is 27.5 Å². The summed E-state index contributed by atoms with van der Waals surface area (Å²) in [5.74, 6) is -0.0890. The van der Waals surface area contributed by atoms with E-state index in [0.717, 1.165) is 12.1 Å². The summed E-state index contributed by atoms with van der Waals surface area (Å²) in [5.41, 5.74) is 0.814. The van der Waals surface area contributed by atoms with Crippen LogP contribution in [0.2, 0.25) is 0 Å². The second-order valence-corrected chi connectivity index (χ2v) is 6.81. The van der Waals surface area contributed by atoms with Crippen molar-refractivity contribution in [3.05, 3.63) is 58.2 Å². The number of hydrogen-bond donors (Lipinski definition) is 1. The van der Waals surface area contributed by atoms with Gasteiger partial charge < -0.3 is 10.2 Å². The lowest BCUT2D eigenvalue weighted by atomic mass is 10.1. The normalized spacial score (nSPS) is 17.8. The number of nitrogens with zero attached hydrogens (tertiary/aromatic N) is 4. The number of nitrogens with one attached hydrogen (secondary N) is 1. The summed E-state index contributed by atoms with van der Waals surface area (Å²) in [7, 11) is 0. The van der Waals surface area contributed by atoms with Crippen molar-refractivity contribution in [1.29, 1.82) is 0 Å². The monoisotopic (exact) mass is 355 g/mol. The largest absolute Gasteiger partial charge is 0.331 e. The minimum Gasteiger partial charge on any atom is -0.331 e. The Labute approximate surface area is 147 Å². The van der Waals surface area contributed by atoms with Crippen molar-refractivity contribution in [3.63, 3.8) is 0 Å². The van der Waals surface area contributed by atoms with Crippen LogP contribution in [0.15, 0.2) is 47.1 Å². The molecule has 1 N–H and O–H groups in total. The van der Waals surface area contributed by atoms with Crippen LogP contribution in [0.4, 0.5) is 0 Å². The van der Waals surface area contributed by atoms with Crippen molar-refractivity contribution in [1.82, 2.24) is 24.8 Å². The summed E-state index contributed by atoms with van der Waals surface area (Å²) in [5, 5.41) is 5.71. The van der Waals surface area contributed by atoms with Gasteiger partial charge in [0.1, 0.15) is 11.4 Å². The molecule has 3 aromatic heterocycles. The van der Waals surface area contributed by atoms with Crippen LogP contribution in [0.25, 0.3) is 10.2 Å². The van der Waals surface area contributed by atoms with Crippen LogP contribution >= 0.6 is 11.3 Å². The zero-order valence-electron chi connectivity index (χ0n) is 13.5. The Morgan fingerprint density at radius 2 is 2.32 bits per heavy atom. The first-order valence-corrected chi connectivity index (χ1v) is 8.95. The molecule has 1 atom stereocenters. The number of pyridine rings is 1. The van der Waals surface area contributed by atoms with Gasteiger partial charge in [0, 0.05) is 32.0 Å². The molecule has 1 saturated heterocycles. The number of carbonyl (C=O) groups is 1. The average molecular weight is 355 g/mol. The second-order valence-electron chi connectivity index (χ2n) is 5.91. The highest BCUT2D eigenvalue weighted by molar-refractivity contribution is 7.16. The Hall–Kier alpha value is -2.58. The maximum atomic E-state index is 12.9. The molecule has 4 heterocycles. The Morgan fingerprint density at radius 3 is 3.16 bits per heavy atom. The number of hydrogen-bond acceptors (Lipinski definition) is 6. The Morgan fingerprint density at radius 1 is 1.40 bits per heavy atom. The van der Waals surface area contributed by atoms with Gasteiger partial charge >= 0.3 is 0 Å². The van der Waals surface area contributed by atoms with E-state index in [9.17, 15) is 9.59 Å². The number of carbonyl (C=O) groups excluding carboxylic acids is 1. The Kier molecular flexibility index (Phi) is 4.29. The molecular weight excluding hydrogens is 338 g/mol. The van der Waals surface area contributed by atoms with E-state index in [4.69, 9.17) is 0 Å². The maximum Gasteiger partial charge on any atom is 0.262 e. The molecule has 1 fully saturated rings. The van der Waals surface area contributed by atoms with Gasteiger partial charge in [0.05, 0.1) is 17.8 Å². The molecule has 25 heavy (non-hydrogen) atoms. The molecule has 8 heteroatoms. The summed E-state index contributed by atoms with van der Waals surface area (Å²) in [6.45, 7) is 2.00. The van der Waals surface area contributed by atoms with Crippen LogP contribution in [-0.2, 0) is 11.3 Å². The molecule has 0 aliphatic carbocycles. The number of amides is 1. The van der Waals surface area contributed by atoms with Gasteiger partial charge in [-0.2, -0.15) is 0 Å². The number of rotatable bonds is 3. The average Bonchev–Trinajstić information content (AvgIpc) is 3.14.